The molecule has 5 nitrogen and oxygen atoms in total. The first-order chi connectivity index (χ1) is 13.9. The lowest BCUT2D eigenvalue weighted by Gasteiger charge is -2.13. The Labute approximate surface area is 181 Å². The fourth-order valence-electron chi connectivity index (χ4n) is 2.90. The van der Waals surface area contributed by atoms with Crippen LogP contribution in [0, 0.1) is 5.82 Å². The van der Waals surface area contributed by atoms with E-state index < -0.39 is 11.1 Å². The smallest absolute Gasteiger partial charge is 0.242 e. The topological polar surface area (TPSA) is 61.8 Å². The minimum absolute atomic E-state index is 0.0252. The zero-order valence-corrected chi connectivity index (χ0v) is 18.5. The maximum atomic E-state index is 14.1. The Morgan fingerprint density at radius 1 is 1.24 bits per heavy atom. The van der Waals surface area contributed by atoms with Gasteiger partial charge in [-0.15, -0.1) is 0 Å². The van der Waals surface area contributed by atoms with Gasteiger partial charge in [0.1, 0.15) is 16.8 Å². The molecule has 1 unspecified atom stereocenters. The number of aryl methyl sites for hydroxylation is 1. The van der Waals surface area contributed by atoms with Crippen molar-refractivity contribution in [2.45, 2.75) is 31.9 Å². The van der Waals surface area contributed by atoms with Gasteiger partial charge in [-0.2, -0.15) is 0 Å². The number of nitrogens with one attached hydrogen (secondary N) is 1. The molecule has 0 saturated carbocycles. The molecular formula is C21H21BrFN3O2S. The maximum Gasteiger partial charge on any atom is 0.242 e. The molecule has 1 aliphatic heterocycles. The zero-order valence-electron chi connectivity index (χ0n) is 16.1. The first-order valence-corrected chi connectivity index (χ1v) is 11.0. The molecule has 29 heavy (non-hydrogen) atoms. The van der Waals surface area contributed by atoms with Crippen LogP contribution in [0.1, 0.15) is 25.8 Å². The van der Waals surface area contributed by atoms with E-state index in [2.05, 4.69) is 33.2 Å². The van der Waals surface area contributed by atoms with Crippen LogP contribution in [0.15, 0.2) is 51.9 Å². The third-order valence-electron chi connectivity index (χ3n) is 4.48. The molecule has 3 rings (SSSR count). The largest absolute Gasteiger partial charge is 0.326 e. The molecule has 8 heteroatoms. The van der Waals surface area contributed by atoms with Crippen LogP contribution in [0.3, 0.4) is 0 Å². The number of hydrogen-bond donors (Lipinski definition) is 1. The number of thioether (sulfide) groups is 1. The summed E-state index contributed by atoms with van der Waals surface area (Å²) in [5, 5.41) is 2.65. The number of amidine groups is 1. The molecule has 0 bridgehead atoms. The minimum atomic E-state index is -0.581. The van der Waals surface area contributed by atoms with E-state index in [0.717, 1.165) is 6.42 Å². The SMILES string of the molecule is CCc1ccc(NC(=O)CC2SC(=Nc3ccc(Br)cc3F)N(CC)C2=O)cc1. The Morgan fingerprint density at radius 3 is 2.59 bits per heavy atom. The van der Waals surface area contributed by atoms with Crippen LogP contribution in [0.25, 0.3) is 0 Å². The summed E-state index contributed by atoms with van der Waals surface area (Å²) >= 11 is 4.40. The average Bonchev–Trinajstić information content (AvgIpc) is 2.98. The molecule has 0 radical (unpaired) electrons. The predicted octanol–water partition coefficient (Wildman–Crippen LogP) is 5.13. The number of nitrogens with zero attached hydrogens (tertiary/aromatic N) is 2. The van der Waals surface area contributed by atoms with Gasteiger partial charge >= 0.3 is 0 Å². The number of rotatable bonds is 6. The number of aliphatic imine (C=N–C) groups is 1. The second kappa shape index (κ2) is 9.54. The second-order valence-corrected chi connectivity index (χ2v) is 8.57. The average molecular weight is 478 g/mol. The van der Waals surface area contributed by atoms with Crippen molar-refractivity contribution in [2.75, 3.05) is 11.9 Å². The van der Waals surface area contributed by atoms with Crippen molar-refractivity contribution in [3.05, 3.63) is 58.3 Å². The maximum absolute atomic E-state index is 14.1. The van der Waals surface area contributed by atoms with Gasteiger partial charge in [-0.25, -0.2) is 9.38 Å². The Bertz CT molecular complexity index is 949. The summed E-state index contributed by atoms with van der Waals surface area (Å²) in [7, 11) is 0. The van der Waals surface area contributed by atoms with Crippen molar-refractivity contribution in [3.63, 3.8) is 0 Å². The van der Waals surface area contributed by atoms with E-state index in [1.54, 1.807) is 12.1 Å². The van der Waals surface area contributed by atoms with Crippen LogP contribution in [-0.4, -0.2) is 33.7 Å². The summed E-state index contributed by atoms with van der Waals surface area (Å²) in [6, 6.07) is 12.2. The highest BCUT2D eigenvalue weighted by atomic mass is 79.9. The number of benzene rings is 2. The third-order valence-corrected chi connectivity index (χ3v) is 6.15. The fraction of sp³-hybridized carbons (Fsp3) is 0.286. The lowest BCUT2D eigenvalue weighted by Crippen LogP contribution is -2.33. The molecule has 0 spiro atoms. The zero-order chi connectivity index (χ0) is 21.0. The molecule has 1 saturated heterocycles. The van der Waals surface area contributed by atoms with Crippen LogP contribution in [0.5, 0.6) is 0 Å². The van der Waals surface area contributed by atoms with E-state index in [4.69, 9.17) is 0 Å². The number of carbonyl (C=O) groups excluding carboxylic acids is 2. The molecular weight excluding hydrogens is 457 g/mol. The molecule has 0 aromatic heterocycles. The summed E-state index contributed by atoms with van der Waals surface area (Å²) in [6.07, 6.45) is 0.951. The normalized spacial score (nSPS) is 17.8. The van der Waals surface area contributed by atoms with E-state index >= 15 is 0 Å². The van der Waals surface area contributed by atoms with E-state index in [1.165, 1.54) is 28.3 Å². The summed E-state index contributed by atoms with van der Waals surface area (Å²) in [5.41, 5.74) is 2.04. The van der Waals surface area contributed by atoms with E-state index in [1.807, 2.05) is 31.2 Å². The highest BCUT2D eigenvalue weighted by Crippen LogP contribution is 2.33. The first kappa shape index (κ1) is 21.5. The molecule has 2 aromatic carbocycles. The lowest BCUT2D eigenvalue weighted by atomic mass is 10.1. The number of anilines is 1. The summed E-state index contributed by atoms with van der Waals surface area (Å²) in [6.45, 7) is 4.29. The number of halogens is 2. The van der Waals surface area contributed by atoms with Crippen LogP contribution >= 0.6 is 27.7 Å². The Hall–Kier alpha value is -2.19. The van der Waals surface area contributed by atoms with Crippen molar-refractivity contribution in [1.29, 1.82) is 0 Å². The minimum Gasteiger partial charge on any atom is -0.326 e. The van der Waals surface area contributed by atoms with Crippen molar-refractivity contribution in [1.82, 2.24) is 4.90 Å². The first-order valence-electron chi connectivity index (χ1n) is 9.31. The monoisotopic (exact) mass is 477 g/mol. The quantitative estimate of drug-likeness (QED) is 0.626. The van der Waals surface area contributed by atoms with Crippen LogP contribution in [0.4, 0.5) is 15.8 Å². The van der Waals surface area contributed by atoms with E-state index in [-0.39, 0.29) is 23.9 Å². The summed E-state index contributed by atoms with van der Waals surface area (Å²) in [4.78, 5) is 30.9. The molecule has 152 valence electrons. The molecule has 1 fully saturated rings. The molecule has 0 aliphatic carbocycles. The van der Waals surface area contributed by atoms with E-state index in [9.17, 15) is 14.0 Å². The number of hydrogen-bond acceptors (Lipinski definition) is 4. The van der Waals surface area contributed by atoms with E-state index in [0.29, 0.717) is 21.9 Å². The molecule has 1 atom stereocenters. The van der Waals surface area contributed by atoms with Crippen LogP contribution < -0.4 is 5.32 Å². The fourth-order valence-corrected chi connectivity index (χ4v) is 4.44. The van der Waals surface area contributed by atoms with Gasteiger partial charge in [0.05, 0.1) is 0 Å². The van der Waals surface area contributed by atoms with Gasteiger partial charge in [-0.05, 0) is 49.2 Å². The van der Waals surface area contributed by atoms with Gasteiger partial charge in [-0.3, -0.25) is 14.5 Å². The van der Waals surface area contributed by atoms with Crippen LogP contribution in [0.2, 0.25) is 0 Å². The van der Waals surface area contributed by atoms with Gasteiger partial charge in [0, 0.05) is 23.1 Å². The highest BCUT2D eigenvalue weighted by molar-refractivity contribution is 9.10. The van der Waals surface area contributed by atoms with Crippen molar-refractivity contribution in [3.8, 4) is 0 Å². The summed E-state index contributed by atoms with van der Waals surface area (Å²) in [5.74, 6) is -0.912. The lowest BCUT2D eigenvalue weighted by molar-refractivity contribution is -0.128. The van der Waals surface area contributed by atoms with Gasteiger partial charge in [0.25, 0.3) is 0 Å². The van der Waals surface area contributed by atoms with Crippen molar-refractivity contribution in [2.24, 2.45) is 4.99 Å². The number of amides is 2. The van der Waals surface area contributed by atoms with Crippen molar-refractivity contribution >= 4 is 56.0 Å². The predicted molar refractivity (Wildman–Crippen MR) is 119 cm³/mol. The number of carbonyl (C=O) groups is 2. The molecule has 2 amide bonds. The second-order valence-electron chi connectivity index (χ2n) is 6.48. The Balaban J connectivity index is 1.70. The summed E-state index contributed by atoms with van der Waals surface area (Å²) < 4.78 is 14.7. The molecule has 2 aromatic rings. The Kier molecular flexibility index (Phi) is 7.08. The molecule has 1 heterocycles. The van der Waals surface area contributed by atoms with Crippen molar-refractivity contribution < 1.29 is 14.0 Å². The van der Waals surface area contributed by atoms with Gasteiger partial charge < -0.3 is 5.32 Å². The standard InChI is InChI=1S/C21H21BrFN3O2S/c1-3-13-5-8-15(9-6-13)24-19(27)12-18-20(28)26(4-2)21(29-18)25-17-10-7-14(22)11-16(17)23/h5-11,18H,3-4,12H2,1-2H3,(H,24,27). The van der Waals surface area contributed by atoms with Gasteiger partial charge in [0.15, 0.2) is 5.17 Å². The van der Waals surface area contributed by atoms with Gasteiger partial charge in [0.2, 0.25) is 11.8 Å². The Morgan fingerprint density at radius 2 is 1.97 bits per heavy atom. The van der Waals surface area contributed by atoms with Gasteiger partial charge in [-0.1, -0.05) is 46.7 Å². The van der Waals surface area contributed by atoms with Crippen LogP contribution in [-0.2, 0) is 16.0 Å². The molecule has 1 aliphatic rings. The highest BCUT2D eigenvalue weighted by Gasteiger charge is 2.38. The third kappa shape index (κ3) is 5.25. The molecule has 1 N–H and O–H groups in total.